The number of fused-ring (bicyclic) bond motifs is 1. The van der Waals surface area contributed by atoms with Crippen LogP contribution in [0.1, 0.15) is 22.5 Å². The summed E-state index contributed by atoms with van der Waals surface area (Å²) in [6.07, 6.45) is 2.90. The molecule has 21 heavy (non-hydrogen) atoms. The minimum atomic E-state index is -0.264. The number of aromatic nitrogens is 2. The van der Waals surface area contributed by atoms with Crippen molar-refractivity contribution in [1.82, 2.24) is 9.38 Å². The number of aryl methyl sites for hydroxylation is 1. The largest absolute Gasteiger partial charge is 0.330 e. The zero-order chi connectivity index (χ0) is 14.8. The number of benzene rings is 1. The molecule has 0 aliphatic heterocycles. The number of hydrogen-bond donors (Lipinski definition) is 1. The molecule has 0 fully saturated rings. The van der Waals surface area contributed by atoms with Gasteiger partial charge >= 0.3 is 0 Å². The summed E-state index contributed by atoms with van der Waals surface area (Å²) < 4.78 is 15.3. The Morgan fingerprint density at radius 2 is 1.90 bits per heavy atom. The summed E-state index contributed by atoms with van der Waals surface area (Å²) in [6.45, 7) is 2.59. The highest BCUT2D eigenvalue weighted by molar-refractivity contribution is 5.44. The Hall–Kier alpha value is -2.20. The van der Waals surface area contributed by atoms with Crippen molar-refractivity contribution in [3.05, 3.63) is 70.9 Å². The zero-order valence-corrected chi connectivity index (χ0v) is 12.0. The molecular formula is C17H18FN3. The molecule has 0 atom stereocenters. The SMILES string of the molecule is Cc1ccc(Cc2nc3ccc(F)cn3c2CCN)cc1. The minimum absolute atomic E-state index is 0.264. The van der Waals surface area contributed by atoms with Gasteiger partial charge in [0.25, 0.3) is 0 Å². The molecule has 3 aromatic rings. The van der Waals surface area contributed by atoms with E-state index >= 15 is 0 Å². The van der Waals surface area contributed by atoms with Gasteiger partial charge in [0.15, 0.2) is 0 Å². The first-order chi connectivity index (χ1) is 10.2. The predicted octanol–water partition coefficient (Wildman–Crippen LogP) is 2.87. The molecule has 0 saturated carbocycles. The highest BCUT2D eigenvalue weighted by Gasteiger charge is 2.12. The van der Waals surface area contributed by atoms with Gasteiger partial charge in [-0.25, -0.2) is 9.37 Å². The Bertz CT molecular complexity index is 760. The molecule has 0 bridgehead atoms. The molecule has 108 valence electrons. The molecule has 4 heteroatoms. The highest BCUT2D eigenvalue weighted by Crippen LogP contribution is 2.18. The van der Waals surface area contributed by atoms with E-state index in [-0.39, 0.29) is 5.82 Å². The van der Waals surface area contributed by atoms with Gasteiger partial charge in [0.2, 0.25) is 0 Å². The summed E-state index contributed by atoms with van der Waals surface area (Å²) in [4.78, 5) is 4.63. The average Bonchev–Trinajstić information content (AvgIpc) is 2.79. The van der Waals surface area contributed by atoms with Crippen molar-refractivity contribution in [3.8, 4) is 0 Å². The third-order valence-corrected chi connectivity index (χ3v) is 3.64. The second-order valence-corrected chi connectivity index (χ2v) is 5.28. The van der Waals surface area contributed by atoms with E-state index in [1.54, 1.807) is 6.07 Å². The lowest BCUT2D eigenvalue weighted by Gasteiger charge is -2.04. The minimum Gasteiger partial charge on any atom is -0.330 e. The average molecular weight is 283 g/mol. The molecule has 3 rings (SSSR count). The normalized spacial score (nSPS) is 11.2. The fraction of sp³-hybridized carbons (Fsp3) is 0.235. The smallest absolute Gasteiger partial charge is 0.139 e. The Kier molecular flexibility index (Phi) is 3.71. The highest BCUT2D eigenvalue weighted by atomic mass is 19.1. The van der Waals surface area contributed by atoms with Gasteiger partial charge in [-0.1, -0.05) is 29.8 Å². The van der Waals surface area contributed by atoms with Gasteiger partial charge in [0.05, 0.1) is 5.69 Å². The summed E-state index contributed by atoms with van der Waals surface area (Å²) in [7, 11) is 0. The van der Waals surface area contributed by atoms with Gasteiger partial charge in [0, 0.05) is 24.7 Å². The maximum atomic E-state index is 13.5. The lowest BCUT2D eigenvalue weighted by atomic mass is 10.1. The van der Waals surface area contributed by atoms with Crippen LogP contribution < -0.4 is 5.73 Å². The standard InChI is InChI=1S/C17H18FN3/c1-12-2-4-13(5-3-12)10-15-16(8-9-19)21-11-14(18)6-7-17(21)20-15/h2-7,11H,8-10,19H2,1H3. The van der Waals surface area contributed by atoms with Crippen LogP contribution in [0, 0.1) is 12.7 Å². The Morgan fingerprint density at radius 3 is 2.62 bits per heavy atom. The van der Waals surface area contributed by atoms with Crippen molar-refractivity contribution in [2.45, 2.75) is 19.8 Å². The molecule has 0 spiro atoms. The van der Waals surface area contributed by atoms with E-state index in [1.807, 2.05) is 4.40 Å². The van der Waals surface area contributed by atoms with Crippen LogP contribution in [-0.2, 0) is 12.8 Å². The Morgan fingerprint density at radius 1 is 1.14 bits per heavy atom. The molecule has 0 saturated heterocycles. The van der Waals surface area contributed by atoms with Crippen molar-refractivity contribution in [2.24, 2.45) is 5.73 Å². The molecule has 0 unspecified atom stereocenters. The second kappa shape index (κ2) is 5.66. The number of rotatable bonds is 4. The maximum Gasteiger partial charge on any atom is 0.139 e. The molecule has 2 N–H and O–H groups in total. The first-order valence-electron chi connectivity index (χ1n) is 7.08. The summed E-state index contributed by atoms with van der Waals surface area (Å²) in [5.74, 6) is -0.264. The van der Waals surface area contributed by atoms with Crippen molar-refractivity contribution in [2.75, 3.05) is 6.54 Å². The first-order valence-corrected chi connectivity index (χ1v) is 7.08. The zero-order valence-electron chi connectivity index (χ0n) is 12.0. The fourth-order valence-electron chi connectivity index (χ4n) is 2.56. The summed E-state index contributed by atoms with van der Waals surface area (Å²) >= 11 is 0. The summed E-state index contributed by atoms with van der Waals surface area (Å²) in [6, 6.07) is 11.5. The van der Waals surface area contributed by atoms with Gasteiger partial charge in [0.1, 0.15) is 11.5 Å². The Labute approximate surface area is 123 Å². The van der Waals surface area contributed by atoms with Gasteiger partial charge in [-0.2, -0.15) is 0 Å². The van der Waals surface area contributed by atoms with Crippen molar-refractivity contribution >= 4 is 5.65 Å². The molecule has 0 aliphatic rings. The van der Waals surface area contributed by atoms with Crippen LogP contribution in [0.4, 0.5) is 4.39 Å². The molecule has 0 amide bonds. The molecule has 0 radical (unpaired) electrons. The van der Waals surface area contributed by atoms with Crippen LogP contribution in [-0.4, -0.2) is 15.9 Å². The molecule has 1 aromatic carbocycles. The second-order valence-electron chi connectivity index (χ2n) is 5.28. The third kappa shape index (κ3) is 2.81. The van der Waals surface area contributed by atoms with Gasteiger partial charge in [-0.15, -0.1) is 0 Å². The summed E-state index contributed by atoms with van der Waals surface area (Å²) in [5.41, 5.74) is 10.9. The van der Waals surface area contributed by atoms with Crippen LogP contribution in [0.25, 0.3) is 5.65 Å². The van der Waals surface area contributed by atoms with E-state index in [1.165, 1.54) is 23.4 Å². The molecule has 2 aromatic heterocycles. The van der Waals surface area contributed by atoms with E-state index < -0.39 is 0 Å². The molecule has 2 heterocycles. The predicted molar refractivity (Wildman–Crippen MR) is 81.9 cm³/mol. The van der Waals surface area contributed by atoms with Gasteiger partial charge in [-0.3, -0.25) is 0 Å². The molecule has 0 aliphatic carbocycles. The lowest BCUT2D eigenvalue weighted by Crippen LogP contribution is -2.07. The van der Waals surface area contributed by atoms with Crippen LogP contribution in [0.3, 0.4) is 0 Å². The number of hydrogen-bond acceptors (Lipinski definition) is 2. The lowest BCUT2D eigenvalue weighted by molar-refractivity contribution is 0.617. The van der Waals surface area contributed by atoms with Gasteiger partial charge < -0.3 is 10.1 Å². The topological polar surface area (TPSA) is 43.3 Å². The van der Waals surface area contributed by atoms with E-state index in [2.05, 4.69) is 36.2 Å². The number of nitrogens with two attached hydrogens (primary N) is 1. The van der Waals surface area contributed by atoms with E-state index in [9.17, 15) is 4.39 Å². The third-order valence-electron chi connectivity index (χ3n) is 3.64. The van der Waals surface area contributed by atoms with Gasteiger partial charge in [-0.05, 0) is 31.2 Å². The molecule has 3 nitrogen and oxygen atoms in total. The maximum absolute atomic E-state index is 13.5. The van der Waals surface area contributed by atoms with E-state index in [0.717, 1.165) is 23.5 Å². The van der Waals surface area contributed by atoms with Crippen LogP contribution in [0.5, 0.6) is 0 Å². The van der Waals surface area contributed by atoms with Crippen LogP contribution in [0.15, 0.2) is 42.6 Å². The van der Waals surface area contributed by atoms with E-state index in [0.29, 0.717) is 13.0 Å². The van der Waals surface area contributed by atoms with Crippen molar-refractivity contribution in [3.63, 3.8) is 0 Å². The van der Waals surface area contributed by atoms with E-state index in [4.69, 9.17) is 5.73 Å². The number of nitrogens with zero attached hydrogens (tertiary/aromatic N) is 2. The monoisotopic (exact) mass is 283 g/mol. The van der Waals surface area contributed by atoms with Crippen molar-refractivity contribution in [1.29, 1.82) is 0 Å². The summed E-state index contributed by atoms with van der Waals surface area (Å²) in [5, 5.41) is 0. The fourth-order valence-corrected chi connectivity index (χ4v) is 2.56. The number of imidazole rings is 1. The molecular weight excluding hydrogens is 265 g/mol. The first kappa shape index (κ1) is 13.8. The van der Waals surface area contributed by atoms with Crippen LogP contribution in [0.2, 0.25) is 0 Å². The van der Waals surface area contributed by atoms with Crippen LogP contribution >= 0.6 is 0 Å². The number of halogens is 1. The van der Waals surface area contributed by atoms with Crippen molar-refractivity contribution < 1.29 is 4.39 Å². The Balaban J connectivity index is 2.04. The quantitative estimate of drug-likeness (QED) is 0.800. The number of pyridine rings is 1.